The molecule has 1 aromatic heterocycles. The number of carboxylic acid groups (broad SMARTS) is 1. The highest BCUT2D eigenvalue weighted by Gasteiger charge is 2.39. The molecule has 1 aliphatic rings. The molecule has 3 amide bonds. The minimum atomic E-state index is -0.722. The monoisotopic (exact) mass is 471 g/mol. The maximum absolute atomic E-state index is 13.3. The minimum Gasteiger partial charge on any atom is -0.483 e. The van der Waals surface area contributed by atoms with E-state index in [2.05, 4.69) is 15.6 Å². The van der Waals surface area contributed by atoms with E-state index in [0.29, 0.717) is 25.1 Å². The van der Waals surface area contributed by atoms with E-state index in [1.807, 2.05) is 51.1 Å². The highest BCUT2D eigenvalue weighted by Crippen LogP contribution is 2.25. The number of anilines is 1. The molecular formula is C24H33N5O5. The van der Waals surface area contributed by atoms with Gasteiger partial charge in [0.25, 0.3) is 6.47 Å². The summed E-state index contributed by atoms with van der Waals surface area (Å²) >= 11 is 0. The Balaban J connectivity index is 0.00000129. The van der Waals surface area contributed by atoms with Crippen LogP contribution in [0.15, 0.2) is 36.5 Å². The predicted octanol–water partition coefficient (Wildman–Crippen LogP) is 1.74. The van der Waals surface area contributed by atoms with Crippen LogP contribution in [-0.2, 0) is 19.2 Å². The molecule has 1 aromatic carbocycles. The van der Waals surface area contributed by atoms with Gasteiger partial charge in [0.1, 0.15) is 12.1 Å². The number of nitrogens with two attached hydrogens (primary N) is 1. The third-order valence-corrected chi connectivity index (χ3v) is 5.75. The molecule has 0 unspecified atom stereocenters. The van der Waals surface area contributed by atoms with Crippen LogP contribution in [0.25, 0.3) is 10.9 Å². The molecule has 10 nitrogen and oxygen atoms in total. The number of rotatable bonds is 7. The average Bonchev–Trinajstić information content (AvgIpc) is 3.32. The number of nitrogens with one attached hydrogen (secondary N) is 2. The number of likely N-dealkylation sites (tertiary alicyclic amines) is 1. The summed E-state index contributed by atoms with van der Waals surface area (Å²) in [6, 6.07) is 7.30. The van der Waals surface area contributed by atoms with Crippen molar-refractivity contribution in [1.82, 2.24) is 15.2 Å². The highest BCUT2D eigenvalue weighted by molar-refractivity contribution is 6.04. The average molecular weight is 472 g/mol. The lowest BCUT2D eigenvalue weighted by Gasteiger charge is -2.31. The van der Waals surface area contributed by atoms with Crippen LogP contribution in [0.5, 0.6) is 0 Å². The van der Waals surface area contributed by atoms with Crippen LogP contribution < -0.4 is 16.4 Å². The molecule has 3 atom stereocenters. The summed E-state index contributed by atoms with van der Waals surface area (Å²) in [5.74, 6) is -0.961. The molecule has 1 saturated heterocycles. The Morgan fingerprint density at radius 2 is 1.97 bits per heavy atom. The summed E-state index contributed by atoms with van der Waals surface area (Å²) in [5, 5.41) is 13.5. The number of hydrogen-bond donors (Lipinski definition) is 4. The number of benzene rings is 1. The van der Waals surface area contributed by atoms with Crippen molar-refractivity contribution in [2.24, 2.45) is 11.7 Å². The lowest BCUT2D eigenvalue weighted by molar-refractivity contribution is -0.141. The second-order valence-electron chi connectivity index (χ2n) is 8.40. The largest absolute Gasteiger partial charge is 0.483 e. The zero-order chi connectivity index (χ0) is 25.3. The first-order valence-corrected chi connectivity index (χ1v) is 11.3. The number of carbonyl (C=O) groups is 4. The number of hydrogen-bond acceptors (Lipinski definition) is 6. The van der Waals surface area contributed by atoms with Gasteiger partial charge in [-0.2, -0.15) is 0 Å². The number of amides is 3. The van der Waals surface area contributed by atoms with Crippen LogP contribution in [0.1, 0.15) is 40.0 Å². The molecule has 0 radical (unpaired) electrons. The van der Waals surface area contributed by atoms with Gasteiger partial charge in [-0.3, -0.25) is 24.2 Å². The molecule has 10 heteroatoms. The van der Waals surface area contributed by atoms with Crippen molar-refractivity contribution < 1.29 is 24.3 Å². The second kappa shape index (κ2) is 12.6. The van der Waals surface area contributed by atoms with Gasteiger partial charge in [-0.1, -0.05) is 26.8 Å². The molecule has 3 rings (SSSR count). The summed E-state index contributed by atoms with van der Waals surface area (Å²) in [7, 11) is 0. The standard InChI is InChI=1S/C23H31N5O3.CH2O2/c1-4-16(24)21(29)27-20(14(2)3)23(31)28-13-7-11-19(28)22(30)26-18-10-5-9-17-15(18)8-6-12-25-17;2-1-3/h5-6,8-10,12,14,16,19-20H,4,7,11,13,24H2,1-3H3,(H,26,30)(H,27,29);1H,(H,2,3)/t16-,19-,20-;/m0./s1. The van der Waals surface area contributed by atoms with Gasteiger partial charge in [-0.15, -0.1) is 0 Å². The van der Waals surface area contributed by atoms with Crippen LogP contribution in [-0.4, -0.2) is 63.9 Å². The van der Waals surface area contributed by atoms with Crippen molar-refractivity contribution in [2.75, 3.05) is 11.9 Å². The molecule has 184 valence electrons. The predicted molar refractivity (Wildman–Crippen MR) is 129 cm³/mol. The molecule has 34 heavy (non-hydrogen) atoms. The Labute approximate surface area is 198 Å². The van der Waals surface area contributed by atoms with Crippen LogP contribution >= 0.6 is 0 Å². The van der Waals surface area contributed by atoms with Crippen LogP contribution in [0.2, 0.25) is 0 Å². The smallest absolute Gasteiger partial charge is 0.290 e. The van der Waals surface area contributed by atoms with E-state index in [4.69, 9.17) is 15.6 Å². The fourth-order valence-electron chi connectivity index (χ4n) is 3.87. The fraction of sp³-hybridized carbons (Fsp3) is 0.458. The normalized spacial score (nSPS) is 16.9. The van der Waals surface area contributed by atoms with Crippen molar-refractivity contribution in [3.63, 3.8) is 0 Å². The first-order chi connectivity index (χ1) is 16.2. The van der Waals surface area contributed by atoms with Gasteiger partial charge in [-0.05, 0) is 49.4 Å². The summed E-state index contributed by atoms with van der Waals surface area (Å²) in [6.07, 6.45) is 3.50. The summed E-state index contributed by atoms with van der Waals surface area (Å²) < 4.78 is 0. The van der Waals surface area contributed by atoms with Crippen molar-refractivity contribution in [3.8, 4) is 0 Å². The van der Waals surface area contributed by atoms with E-state index in [-0.39, 0.29) is 30.1 Å². The molecule has 2 heterocycles. The summed E-state index contributed by atoms with van der Waals surface area (Å²) in [4.78, 5) is 53.0. The van der Waals surface area contributed by atoms with Crippen LogP contribution in [0.3, 0.4) is 0 Å². The zero-order valence-electron chi connectivity index (χ0n) is 19.7. The van der Waals surface area contributed by atoms with Gasteiger partial charge < -0.3 is 26.4 Å². The van der Waals surface area contributed by atoms with E-state index in [1.54, 1.807) is 11.1 Å². The quantitative estimate of drug-likeness (QED) is 0.448. The molecule has 0 saturated carbocycles. The first kappa shape index (κ1) is 26.7. The van der Waals surface area contributed by atoms with Crippen LogP contribution in [0.4, 0.5) is 5.69 Å². The van der Waals surface area contributed by atoms with Crippen molar-refractivity contribution in [1.29, 1.82) is 0 Å². The first-order valence-electron chi connectivity index (χ1n) is 11.3. The van der Waals surface area contributed by atoms with Gasteiger partial charge in [0, 0.05) is 18.1 Å². The Kier molecular flexibility index (Phi) is 9.93. The SMILES string of the molecule is CC[C@H](N)C(=O)N[C@H](C(=O)N1CCC[C@H]1C(=O)Nc1cccc2ncccc12)C(C)C.O=CO. The third-order valence-electron chi connectivity index (χ3n) is 5.75. The van der Waals surface area contributed by atoms with Crippen molar-refractivity contribution >= 4 is 40.8 Å². The minimum absolute atomic E-state index is 0.131. The zero-order valence-corrected chi connectivity index (χ0v) is 19.7. The Morgan fingerprint density at radius 1 is 1.26 bits per heavy atom. The molecular weight excluding hydrogens is 438 g/mol. The second-order valence-corrected chi connectivity index (χ2v) is 8.40. The molecule has 0 aliphatic carbocycles. The topological polar surface area (TPSA) is 155 Å². The molecule has 0 spiro atoms. The molecule has 5 N–H and O–H groups in total. The number of nitrogens with zero attached hydrogens (tertiary/aromatic N) is 2. The van der Waals surface area contributed by atoms with E-state index in [0.717, 1.165) is 17.3 Å². The number of pyridine rings is 1. The summed E-state index contributed by atoms with van der Waals surface area (Å²) in [6.45, 7) is 5.79. The van der Waals surface area contributed by atoms with E-state index < -0.39 is 18.1 Å². The van der Waals surface area contributed by atoms with Crippen LogP contribution in [0, 0.1) is 5.92 Å². The van der Waals surface area contributed by atoms with Gasteiger partial charge >= 0.3 is 0 Å². The van der Waals surface area contributed by atoms with Gasteiger partial charge in [0.15, 0.2) is 0 Å². The van der Waals surface area contributed by atoms with E-state index in [9.17, 15) is 14.4 Å². The lowest BCUT2D eigenvalue weighted by atomic mass is 10.0. The van der Waals surface area contributed by atoms with Crippen molar-refractivity contribution in [2.45, 2.75) is 58.2 Å². The maximum Gasteiger partial charge on any atom is 0.290 e. The number of carbonyl (C=O) groups excluding carboxylic acids is 3. The molecule has 1 aliphatic heterocycles. The lowest BCUT2D eigenvalue weighted by Crippen LogP contribution is -2.56. The summed E-state index contributed by atoms with van der Waals surface area (Å²) in [5.41, 5.74) is 7.27. The van der Waals surface area contributed by atoms with E-state index >= 15 is 0 Å². The third kappa shape index (κ3) is 6.50. The molecule has 2 aromatic rings. The maximum atomic E-state index is 13.3. The van der Waals surface area contributed by atoms with Gasteiger partial charge in [0.05, 0.1) is 17.2 Å². The Hall–Kier alpha value is -3.53. The Morgan fingerprint density at radius 3 is 2.62 bits per heavy atom. The van der Waals surface area contributed by atoms with Gasteiger partial charge in [0.2, 0.25) is 17.7 Å². The number of fused-ring (bicyclic) bond motifs is 1. The molecule has 0 bridgehead atoms. The fourth-order valence-corrected chi connectivity index (χ4v) is 3.87. The highest BCUT2D eigenvalue weighted by atomic mass is 16.3. The van der Waals surface area contributed by atoms with Gasteiger partial charge in [-0.25, -0.2) is 0 Å². The molecule has 1 fully saturated rings. The van der Waals surface area contributed by atoms with E-state index in [1.165, 1.54) is 0 Å². The van der Waals surface area contributed by atoms with Crippen molar-refractivity contribution in [3.05, 3.63) is 36.5 Å². The number of aromatic nitrogens is 1. The Bertz CT molecular complexity index is 1010.